The molecule has 2 N–H and O–H groups in total. The predicted octanol–water partition coefficient (Wildman–Crippen LogP) is 1.59. The molecule has 2 amide bonds. The molecule has 0 radical (unpaired) electrons. The lowest BCUT2D eigenvalue weighted by Gasteiger charge is -2.11. The van der Waals surface area contributed by atoms with Gasteiger partial charge in [0.2, 0.25) is 0 Å². The summed E-state index contributed by atoms with van der Waals surface area (Å²) in [6.45, 7) is 0.632. The predicted molar refractivity (Wildman–Crippen MR) is 61.0 cm³/mol. The minimum Gasteiger partial charge on any atom is -0.336 e. The van der Waals surface area contributed by atoms with Crippen molar-refractivity contribution >= 4 is 16.9 Å². The van der Waals surface area contributed by atoms with Crippen LogP contribution in [-0.4, -0.2) is 17.6 Å². The molecule has 2 heterocycles. The van der Waals surface area contributed by atoms with E-state index in [1.807, 2.05) is 30.3 Å². The Balaban J connectivity index is 2.13. The van der Waals surface area contributed by atoms with Crippen molar-refractivity contribution < 1.29 is 4.79 Å². The van der Waals surface area contributed by atoms with Crippen LogP contribution < -0.4 is 10.6 Å². The molecule has 1 aromatic carbocycles. The van der Waals surface area contributed by atoms with Crippen molar-refractivity contribution in [1.29, 1.82) is 0 Å². The summed E-state index contributed by atoms with van der Waals surface area (Å²) in [4.78, 5) is 15.4. The van der Waals surface area contributed by atoms with Crippen molar-refractivity contribution in [3.63, 3.8) is 0 Å². The maximum Gasteiger partial charge on any atom is 0.315 e. The van der Waals surface area contributed by atoms with Crippen LogP contribution in [0.15, 0.2) is 36.5 Å². The second-order valence-electron chi connectivity index (χ2n) is 3.82. The van der Waals surface area contributed by atoms with Crippen molar-refractivity contribution in [3.8, 4) is 0 Å². The maximum absolute atomic E-state index is 11.1. The molecular weight excluding hydrogens is 202 g/mol. The molecule has 3 rings (SSSR count). The quantitative estimate of drug-likeness (QED) is 0.755. The molecule has 4 heteroatoms. The van der Waals surface area contributed by atoms with Gasteiger partial charge in [0.1, 0.15) is 0 Å². The van der Waals surface area contributed by atoms with Gasteiger partial charge in [0, 0.05) is 18.1 Å². The molecule has 1 atom stereocenters. The smallest absolute Gasteiger partial charge is 0.315 e. The lowest BCUT2D eigenvalue weighted by atomic mass is 10.0. The number of rotatable bonds is 1. The summed E-state index contributed by atoms with van der Waals surface area (Å²) in [5.74, 6) is 0. The Morgan fingerprint density at radius 3 is 2.94 bits per heavy atom. The summed E-state index contributed by atoms with van der Waals surface area (Å²) >= 11 is 0. The monoisotopic (exact) mass is 213 g/mol. The minimum atomic E-state index is -0.106. The average Bonchev–Trinajstić information content (AvgIpc) is 2.75. The second-order valence-corrected chi connectivity index (χ2v) is 3.82. The lowest BCUT2D eigenvalue weighted by molar-refractivity contribution is 0.247. The Bertz CT molecular complexity index is 547. The van der Waals surface area contributed by atoms with E-state index in [1.54, 1.807) is 6.20 Å². The Labute approximate surface area is 92.7 Å². The summed E-state index contributed by atoms with van der Waals surface area (Å²) in [6, 6.07) is 9.85. The third kappa shape index (κ3) is 1.39. The first-order chi connectivity index (χ1) is 7.84. The highest BCUT2D eigenvalue weighted by molar-refractivity contribution is 5.84. The zero-order valence-corrected chi connectivity index (χ0v) is 8.60. The van der Waals surface area contributed by atoms with Gasteiger partial charge in [-0.1, -0.05) is 18.2 Å². The first-order valence-electron chi connectivity index (χ1n) is 5.22. The molecule has 1 saturated heterocycles. The standard InChI is InChI=1S/C12H11N3O/c16-12-14-7-11(15-12)9-5-6-13-10-4-2-1-3-8(9)10/h1-6,11H,7H2,(H2,14,15,16)/t11-/m0/s1. The van der Waals surface area contributed by atoms with Gasteiger partial charge < -0.3 is 10.6 Å². The van der Waals surface area contributed by atoms with Gasteiger partial charge >= 0.3 is 6.03 Å². The van der Waals surface area contributed by atoms with Crippen LogP contribution in [0, 0.1) is 0 Å². The molecule has 0 bridgehead atoms. The average molecular weight is 213 g/mol. The van der Waals surface area contributed by atoms with Gasteiger partial charge in [-0.2, -0.15) is 0 Å². The number of amides is 2. The molecule has 0 saturated carbocycles. The third-order valence-electron chi connectivity index (χ3n) is 2.83. The highest BCUT2D eigenvalue weighted by Crippen LogP contribution is 2.23. The fourth-order valence-electron chi connectivity index (χ4n) is 2.06. The first-order valence-corrected chi connectivity index (χ1v) is 5.22. The lowest BCUT2D eigenvalue weighted by Crippen LogP contribution is -2.21. The number of urea groups is 1. The Hall–Kier alpha value is -2.10. The van der Waals surface area contributed by atoms with Crippen LogP contribution >= 0.6 is 0 Å². The Kier molecular flexibility index (Phi) is 1.99. The number of aromatic nitrogens is 1. The number of nitrogens with one attached hydrogen (secondary N) is 2. The van der Waals surface area contributed by atoms with Gasteiger partial charge in [0.15, 0.2) is 0 Å². The van der Waals surface area contributed by atoms with E-state index in [0.29, 0.717) is 6.54 Å². The van der Waals surface area contributed by atoms with Crippen LogP contribution in [0.1, 0.15) is 11.6 Å². The first kappa shape index (κ1) is 9.15. The zero-order chi connectivity index (χ0) is 11.0. The number of hydrogen-bond donors (Lipinski definition) is 2. The highest BCUT2D eigenvalue weighted by Gasteiger charge is 2.22. The molecule has 2 aromatic rings. The number of hydrogen-bond acceptors (Lipinski definition) is 2. The number of nitrogens with zero attached hydrogens (tertiary/aromatic N) is 1. The number of carbonyl (C=O) groups excluding carboxylic acids is 1. The van der Waals surface area contributed by atoms with E-state index in [0.717, 1.165) is 16.5 Å². The van der Waals surface area contributed by atoms with E-state index < -0.39 is 0 Å². The van der Waals surface area contributed by atoms with Crippen molar-refractivity contribution in [3.05, 3.63) is 42.1 Å². The molecule has 1 aromatic heterocycles. The van der Waals surface area contributed by atoms with Crippen LogP contribution in [-0.2, 0) is 0 Å². The number of benzene rings is 1. The fourth-order valence-corrected chi connectivity index (χ4v) is 2.06. The van der Waals surface area contributed by atoms with Gasteiger partial charge in [0.05, 0.1) is 11.6 Å². The molecule has 1 aliphatic rings. The summed E-state index contributed by atoms with van der Waals surface area (Å²) in [5, 5.41) is 6.74. The van der Waals surface area contributed by atoms with Crippen molar-refractivity contribution in [2.75, 3.05) is 6.54 Å². The molecule has 0 aliphatic carbocycles. The largest absolute Gasteiger partial charge is 0.336 e. The third-order valence-corrected chi connectivity index (χ3v) is 2.83. The molecular formula is C12H11N3O. The second kappa shape index (κ2) is 3.48. The Morgan fingerprint density at radius 1 is 1.25 bits per heavy atom. The van der Waals surface area contributed by atoms with E-state index in [2.05, 4.69) is 15.6 Å². The summed E-state index contributed by atoms with van der Waals surface area (Å²) in [7, 11) is 0. The van der Waals surface area contributed by atoms with E-state index in [9.17, 15) is 4.79 Å². The maximum atomic E-state index is 11.1. The van der Waals surface area contributed by atoms with Gasteiger partial charge in [-0.25, -0.2) is 4.79 Å². The molecule has 1 fully saturated rings. The van der Waals surface area contributed by atoms with E-state index in [4.69, 9.17) is 0 Å². The van der Waals surface area contributed by atoms with Gasteiger partial charge in [-0.15, -0.1) is 0 Å². The van der Waals surface area contributed by atoms with Crippen molar-refractivity contribution in [2.24, 2.45) is 0 Å². The Morgan fingerprint density at radius 2 is 2.12 bits per heavy atom. The number of pyridine rings is 1. The topological polar surface area (TPSA) is 54.0 Å². The highest BCUT2D eigenvalue weighted by atomic mass is 16.2. The fraction of sp³-hybridized carbons (Fsp3) is 0.167. The van der Waals surface area contributed by atoms with Gasteiger partial charge in [-0.05, 0) is 17.7 Å². The zero-order valence-electron chi connectivity index (χ0n) is 8.60. The van der Waals surface area contributed by atoms with E-state index in [-0.39, 0.29) is 12.1 Å². The molecule has 1 aliphatic heterocycles. The van der Waals surface area contributed by atoms with E-state index >= 15 is 0 Å². The summed E-state index contributed by atoms with van der Waals surface area (Å²) < 4.78 is 0. The number of fused-ring (bicyclic) bond motifs is 1. The van der Waals surface area contributed by atoms with Crippen molar-refractivity contribution in [2.45, 2.75) is 6.04 Å². The van der Waals surface area contributed by atoms with Crippen LogP contribution in [0.4, 0.5) is 4.79 Å². The number of para-hydroxylation sites is 1. The molecule has 16 heavy (non-hydrogen) atoms. The SMILES string of the molecule is O=C1NC[C@@H](c2ccnc3ccccc23)N1. The summed E-state index contributed by atoms with van der Waals surface area (Å²) in [5.41, 5.74) is 2.07. The van der Waals surface area contributed by atoms with Crippen LogP contribution in [0.25, 0.3) is 10.9 Å². The molecule has 0 unspecified atom stereocenters. The van der Waals surface area contributed by atoms with Crippen LogP contribution in [0.5, 0.6) is 0 Å². The van der Waals surface area contributed by atoms with Crippen LogP contribution in [0.2, 0.25) is 0 Å². The van der Waals surface area contributed by atoms with E-state index in [1.165, 1.54) is 0 Å². The molecule has 4 nitrogen and oxygen atoms in total. The van der Waals surface area contributed by atoms with Crippen molar-refractivity contribution in [1.82, 2.24) is 15.6 Å². The minimum absolute atomic E-state index is 0.0420. The normalized spacial score (nSPS) is 19.5. The molecule has 0 spiro atoms. The van der Waals surface area contributed by atoms with Gasteiger partial charge in [-0.3, -0.25) is 4.98 Å². The van der Waals surface area contributed by atoms with Gasteiger partial charge in [0.25, 0.3) is 0 Å². The van der Waals surface area contributed by atoms with Crippen LogP contribution in [0.3, 0.4) is 0 Å². The number of carbonyl (C=O) groups is 1. The molecule has 80 valence electrons. The summed E-state index contributed by atoms with van der Waals surface area (Å²) in [6.07, 6.45) is 1.78.